The minimum Gasteiger partial charge on any atom is -0.451 e. The number of nitrogens with two attached hydrogens (primary N) is 1. The van der Waals surface area contributed by atoms with Crippen LogP contribution in [0.25, 0.3) is 0 Å². The predicted octanol–water partition coefficient (Wildman–Crippen LogP) is 1.84. The standard InChI is InChI=1S/C19H22N4O7S/c1-12-5-4-6-14(9-12)30-31(26,27)16-10-13(21-18(20)23-19(25)29-3)7-8-15(16)22-17(24)11-28-2/h4-10H,11H2,1-3H3,(H,22,24)(H3,20,21,23,25). The summed E-state index contributed by atoms with van der Waals surface area (Å²) in [4.78, 5) is 26.2. The number of aryl methyl sites for hydroxylation is 1. The highest BCUT2D eigenvalue weighted by Gasteiger charge is 2.23. The molecule has 0 aliphatic carbocycles. The predicted molar refractivity (Wildman–Crippen MR) is 114 cm³/mol. The molecule has 0 aromatic heterocycles. The number of guanidine groups is 1. The summed E-state index contributed by atoms with van der Waals surface area (Å²) in [5.74, 6) is -0.799. The molecule has 2 aromatic rings. The van der Waals surface area contributed by atoms with E-state index >= 15 is 0 Å². The van der Waals surface area contributed by atoms with E-state index < -0.39 is 22.1 Å². The highest BCUT2D eigenvalue weighted by atomic mass is 32.2. The molecular weight excluding hydrogens is 428 g/mol. The van der Waals surface area contributed by atoms with E-state index in [2.05, 4.69) is 20.4 Å². The van der Waals surface area contributed by atoms with Crippen LogP contribution in [-0.2, 0) is 24.4 Å². The van der Waals surface area contributed by atoms with E-state index in [1.807, 2.05) is 0 Å². The molecule has 0 aliphatic heterocycles. The molecule has 0 bridgehead atoms. The number of anilines is 2. The molecule has 0 atom stereocenters. The monoisotopic (exact) mass is 450 g/mol. The number of carbonyl (C=O) groups is 2. The van der Waals surface area contributed by atoms with Gasteiger partial charge in [0, 0.05) is 12.8 Å². The van der Waals surface area contributed by atoms with Crippen LogP contribution < -0.4 is 20.6 Å². The Morgan fingerprint density at radius 3 is 2.48 bits per heavy atom. The average molecular weight is 450 g/mol. The van der Waals surface area contributed by atoms with E-state index in [1.165, 1.54) is 31.4 Å². The number of nitrogens with one attached hydrogen (secondary N) is 2. The number of carbonyl (C=O) groups excluding carboxylic acids is 2. The van der Waals surface area contributed by atoms with Crippen molar-refractivity contribution in [2.75, 3.05) is 31.5 Å². The molecule has 0 fully saturated rings. The first kappa shape index (κ1) is 23.6. The van der Waals surface area contributed by atoms with E-state index in [4.69, 9.17) is 14.7 Å². The number of methoxy groups -OCH3 is 2. The van der Waals surface area contributed by atoms with Crippen molar-refractivity contribution in [1.82, 2.24) is 0 Å². The van der Waals surface area contributed by atoms with Crippen LogP contribution in [0.5, 0.6) is 5.75 Å². The quantitative estimate of drug-likeness (QED) is 0.325. The van der Waals surface area contributed by atoms with Gasteiger partial charge >= 0.3 is 16.2 Å². The molecule has 0 spiro atoms. The van der Waals surface area contributed by atoms with Gasteiger partial charge in [-0.3, -0.25) is 4.79 Å². The Labute approximate surface area is 179 Å². The average Bonchev–Trinajstić information content (AvgIpc) is 2.68. The van der Waals surface area contributed by atoms with Gasteiger partial charge in [-0.15, -0.1) is 4.99 Å². The highest BCUT2D eigenvalue weighted by Crippen LogP contribution is 2.28. The summed E-state index contributed by atoms with van der Waals surface area (Å²) in [7, 11) is -1.92. The number of ether oxygens (including phenoxy) is 2. The van der Waals surface area contributed by atoms with E-state index in [1.54, 1.807) is 25.1 Å². The summed E-state index contributed by atoms with van der Waals surface area (Å²) in [5, 5.41) is 5.02. The van der Waals surface area contributed by atoms with Gasteiger partial charge in [-0.1, -0.05) is 12.1 Å². The lowest BCUT2D eigenvalue weighted by Gasteiger charge is -2.15. The number of hydrogen-bond acceptors (Lipinski definition) is 7. The lowest BCUT2D eigenvalue weighted by Crippen LogP contribution is -2.25. The van der Waals surface area contributed by atoms with Crippen molar-refractivity contribution in [3.05, 3.63) is 48.0 Å². The normalized spacial score (nSPS) is 11.5. The molecule has 2 amide bonds. The summed E-state index contributed by atoms with van der Waals surface area (Å²) in [5.41, 5.74) is 6.54. The Hall–Kier alpha value is -3.64. The maximum absolute atomic E-state index is 13.0. The molecule has 0 saturated carbocycles. The van der Waals surface area contributed by atoms with Gasteiger partial charge in [-0.25, -0.2) is 4.79 Å². The van der Waals surface area contributed by atoms with Gasteiger partial charge < -0.3 is 30.0 Å². The zero-order chi connectivity index (χ0) is 23.0. The van der Waals surface area contributed by atoms with E-state index in [9.17, 15) is 18.0 Å². The number of nitrogens with zero attached hydrogens (tertiary/aromatic N) is 1. The number of rotatable bonds is 7. The summed E-state index contributed by atoms with van der Waals surface area (Å²) in [6, 6.07) is 10.4. The minimum atomic E-state index is -4.38. The van der Waals surface area contributed by atoms with Gasteiger partial charge in [0.05, 0.1) is 12.8 Å². The Kier molecular flexibility index (Phi) is 7.94. The first-order valence-corrected chi connectivity index (χ1v) is 10.2. The van der Waals surface area contributed by atoms with E-state index in [0.29, 0.717) is 0 Å². The van der Waals surface area contributed by atoms with Gasteiger partial charge in [0.2, 0.25) is 11.9 Å². The molecule has 0 saturated heterocycles. The molecule has 4 N–H and O–H groups in total. The lowest BCUT2D eigenvalue weighted by atomic mass is 10.2. The maximum Gasteiger partial charge on any atom is 0.436 e. The van der Waals surface area contributed by atoms with Crippen LogP contribution in [0.4, 0.5) is 16.2 Å². The maximum atomic E-state index is 13.0. The third-order valence-electron chi connectivity index (χ3n) is 3.65. The number of hydrogen-bond donors (Lipinski definition) is 3. The summed E-state index contributed by atoms with van der Waals surface area (Å²) in [6.45, 7) is 1.50. The third-order valence-corrected chi connectivity index (χ3v) is 4.94. The molecule has 2 aromatic carbocycles. The van der Waals surface area contributed by atoms with Crippen LogP contribution in [0.1, 0.15) is 5.56 Å². The minimum absolute atomic E-state index is 0.0382. The van der Waals surface area contributed by atoms with Crippen LogP contribution in [0.15, 0.2) is 52.4 Å². The van der Waals surface area contributed by atoms with Gasteiger partial charge in [0.15, 0.2) is 0 Å². The highest BCUT2D eigenvalue weighted by molar-refractivity contribution is 7.87. The van der Waals surface area contributed by atoms with Gasteiger partial charge in [0.25, 0.3) is 0 Å². The molecular formula is C19H22N4O7S. The molecule has 31 heavy (non-hydrogen) atoms. The second-order valence-electron chi connectivity index (χ2n) is 6.14. The first-order valence-electron chi connectivity index (χ1n) is 8.77. The molecule has 0 aliphatic rings. The molecule has 0 radical (unpaired) electrons. The van der Waals surface area contributed by atoms with Crippen molar-refractivity contribution in [2.45, 2.75) is 11.8 Å². The zero-order valence-electron chi connectivity index (χ0n) is 17.0. The summed E-state index contributed by atoms with van der Waals surface area (Å²) in [6.07, 6.45) is -0.941. The van der Waals surface area contributed by atoms with Crippen molar-refractivity contribution in [3.8, 4) is 5.75 Å². The van der Waals surface area contributed by atoms with Gasteiger partial charge in [-0.2, -0.15) is 8.42 Å². The van der Waals surface area contributed by atoms with Crippen molar-refractivity contribution in [1.29, 1.82) is 0 Å². The van der Waals surface area contributed by atoms with Crippen molar-refractivity contribution in [2.24, 2.45) is 10.7 Å². The number of amides is 2. The second kappa shape index (κ2) is 10.4. The SMILES string of the molecule is COCC(=O)Nc1ccc(NC(N)=NC(=O)OC)cc1S(=O)(=O)Oc1cccc(C)c1. The van der Waals surface area contributed by atoms with Crippen LogP contribution in [-0.4, -0.2) is 47.2 Å². The number of benzene rings is 2. The third kappa shape index (κ3) is 6.97. The number of aliphatic imine (C=N–C) groups is 1. The second-order valence-corrected chi connectivity index (χ2v) is 7.65. The fourth-order valence-electron chi connectivity index (χ4n) is 2.39. The summed E-state index contributed by atoms with van der Waals surface area (Å²) < 4.78 is 40.3. The largest absolute Gasteiger partial charge is 0.451 e. The molecule has 0 unspecified atom stereocenters. The Bertz CT molecular complexity index is 1100. The van der Waals surface area contributed by atoms with E-state index in [-0.39, 0.29) is 34.6 Å². The lowest BCUT2D eigenvalue weighted by molar-refractivity contribution is -0.119. The Morgan fingerprint density at radius 2 is 1.84 bits per heavy atom. The topological polar surface area (TPSA) is 158 Å². The molecule has 2 rings (SSSR count). The molecule has 12 heteroatoms. The van der Waals surface area contributed by atoms with Gasteiger partial charge in [-0.05, 0) is 42.8 Å². The molecule has 0 heterocycles. The fourth-order valence-corrected chi connectivity index (χ4v) is 3.49. The first-order chi connectivity index (χ1) is 14.6. The van der Waals surface area contributed by atoms with Crippen molar-refractivity contribution in [3.63, 3.8) is 0 Å². The van der Waals surface area contributed by atoms with Crippen molar-refractivity contribution < 1.29 is 31.7 Å². The molecule has 166 valence electrons. The van der Waals surface area contributed by atoms with Crippen LogP contribution in [0.3, 0.4) is 0 Å². The molecule has 11 nitrogen and oxygen atoms in total. The smallest absolute Gasteiger partial charge is 0.436 e. The summed E-state index contributed by atoms with van der Waals surface area (Å²) >= 11 is 0. The van der Waals surface area contributed by atoms with Crippen LogP contribution in [0.2, 0.25) is 0 Å². The Morgan fingerprint density at radius 1 is 1.10 bits per heavy atom. The Balaban J connectivity index is 2.44. The van der Waals surface area contributed by atoms with Crippen LogP contribution >= 0.6 is 0 Å². The fraction of sp³-hybridized carbons (Fsp3) is 0.211. The van der Waals surface area contributed by atoms with Gasteiger partial charge in [0.1, 0.15) is 17.3 Å². The zero-order valence-corrected chi connectivity index (χ0v) is 17.9. The van der Waals surface area contributed by atoms with E-state index in [0.717, 1.165) is 12.7 Å². The van der Waals surface area contributed by atoms with Crippen LogP contribution in [0, 0.1) is 6.92 Å². The van der Waals surface area contributed by atoms with Crippen molar-refractivity contribution >= 4 is 39.5 Å².